The summed E-state index contributed by atoms with van der Waals surface area (Å²) in [5.41, 5.74) is 5.73. The van der Waals surface area contributed by atoms with Gasteiger partial charge in [0.1, 0.15) is 4.90 Å². The molecule has 1 fully saturated rings. The van der Waals surface area contributed by atoms with E-state index in [9.17, 15) is 17.9 Å². The maximum absolute atomic E-state index is 14.0. The lowest BCUT2D eigenvalue weighted by molar-refractivity contribution is 0.195. The molecule has 0 amide bonds. The minimum atomic E-state index is -3.97. The molecule has 118 valence electrons. The lowest BCUT2D eigenvalue weighted by Gasteiger charge is -2.18. The number of nitrogens with one attached hydrogen (secondary N) is 1. The van der Waals surface area contributed by atoms with Crippen LogP contribution in [0, 0.1) is 17.7 Å². The fraction of sp³-hybridized carbons (Fsp3) is 0.538. The van der Waals surface area contributed by atoms with E-state index in [4.69, 9.17) is 5.73 Å². The van der Waals surface area contributed by atoms with Gasteiger partial charge >= 0.3 is 0 Å². The SMILES string of the molecule is Nc1cc(Br)c(F)c(S(=O)(=O)NCC2CCCC2CO)c1. The van der Waals surface area contributed by atoms with Gasteiger partial charge in [-0.1, -0.05) is 6.42 Å². The summed E-state index contributed by atoms with van der Waals surface area (Å²) in [5, 5.41) is 9.24. The van der Waals surface area contributed by atoms with E-state index in [-0.39, 0.29) is 35.1 Å². The summed E-state index contributed by atoms with van der Waals surface area (Å²) in [6.45, 7) is 0.240. The van der Waals surface area contributed by atoms with E-state index in [1.54, 1.807) is 0 Å². The molecule has 8 heteroatoms. The minimum Gasteiger partial charge on any atom is -0.399 e. The van der Waals surface area contributed by atoms with Gasteiger partial charge in [-0.25, -0.2) is 17.5 Å². The predicted molar refractivity (Wildman–Crippen MR) is 81.6 cm³/mol. The molecule has 2 rings (SSSR count). The van der Waals surface area contributed by atoms with Crippen molar-refractivity contribution in [2.75, 3.05) is 18.9 Å². The zero-order valence-electron chi connectivity index (χ0n) is 11.4. The highest BCUT2D eigenvalue weighted by molar-refractivity contribution is 9.10. The van der Waals surface area contributed by atoms with E-state index in [2.05, 4.69) is 20.7 Å². The molecule has 0 spiro atoms. The Bertz CT molecular complexity index is 624. The van der Waals surface area contributed by atoms with Crippen LogP contribution in [0.25, 0.3) is 0 Å². The van der Waals surface area contributed by atoms with E-state index < -0.39 is 20.7 Å². The molecule has 21 heavy (non-hydrogen) atoms. The van der Waals surface area contributed by atoms with Crippen molar-refractivity contribution in [2.45, 2.75) is 24.2 Å². The molecule has 1 aromatic carbocycles. The lowest BCUT2D eigenvalue weighted by atomic mass is 9.97. The number of nitrogens with two attached hydrogens (primary N) is 1. The Kier molecular flexibility index (Phi) is 5.24. The second-order valence-corrected chi connectivity index (χ2v) is 7.89. The Balaban J connectivity index is 2.16. The van der Waals surface area contributed by atoms with Gasteiger partial charge in [-0.3, -0.25) is 0 Å². The Morgan fingerprint density at radius 3 is 2.71 bits per heavy atom. The quantitative estimate of drug-likeness (QED) is 0.679. The number of aliphatic hydroxyl groups excluding tert-OH is 1. The van der Waals surface area contributed by atoms with Gasteiger partial charge in [-0.15, -0.1) is 0 Å². The Hall–Kier alpha value is -0.700. The van der Waals surface area contributed by atoms with Gasteiger partial charge in [0.05, 0.1) is 4.47 Å². The lowest BCUT2D eigenvalue weighted by Crippen LogP contribution is -2.32. The molecule has 4 N–H and O–H groups in total. The number of anilines is 1. The van der Waals surface area contributed by atoms with Gasteiger partial charge in [0.15, 0.2) is 5.82 Å². The van der Waals surface area contributed by atoms with Gasteiger partial charge in [0, 0.05) is 18.8 Å². The average Bonchev–Trinajstić information content (AvgIpc) is 2.88. The first kappa shape index (κ1) is 16.7. The highest BCUT2D eigenvalue weighted by Gasteiger charge is 2.29. The molecule has 0 aliphatic heterocycles. The largest absolute Gasteiger partial charge is 0.399 e. The van der Waals surface area contributed by atoms with Crippen LogP contribution in [-0.2, 0) is 10.0 Å². The van der Waals surface area contributed by atoms with Crippen molar-refractivity contribution in [3.8, 4) is 0 Å². The van der Waals surface area contributed by atoms with Gasteiger partial charge in [0.2, 0.25) is 10.0 Å². The van der Waals surface area contributed by atoms with Crippen LogP contribution in [0.4, 0.5) is 10.1 Å². The molecule has 0 aromatic heterocycles. The van der Waals surface area contributed by atoms with Crippen molar-refractivity contribution in [3.63, 3.8) is 0 Å². The summed E-state index contributed by atoms with van der Waals surface area (Å²) >= 11 is 2.95. The molecule has 5 nitrogen and oxygen atoms in total. The number of rotatable bonds is 5. The van der Waals surface area contributed by atoms with Crippen molar-refractivity contribution in [3.05, 3.63) is 22.4 Å². The maximum Gasteiger partial charge on any atom is 0.243 e. The van der Waals surface area contributed by atoms with Crippen molar-refractivity contribution in [2.24, 2.45) is 11.8 Å². The second-order valence-electron chi connectivity index (χ2n) is 5.30. The molecule has 0 bridgehead atoms. The first-order valence-corrected chi connectivity index (χ1v) is 8.98. The monoisotopic (exact) mass is 380 g/mol. The average molecular weight is 381 g/mol. The third-order valence-electron chi connectivity index (χ3n) is 3.89. The highest BCUT2D eigenvalue weighted by atomic mass is 79.9. The van der Waals surface area contributed by atoms with Crippen LogP contribution in [0.2, 0.25) is 0 Å². The Labute approximate surface area is 131 Å². The number of halogens is 2. The van der Waals surface area contributed by atoms with Crippen molar-refractivity contribution < 1.29 is 17.9 Å². The smallest absolute Gasteiger partial charge is 0.243 e. The fourth-order valence-electron chi connectivity index (χ4n) is 2.70. The number of aliphatic hydroxyl groups is 1. The molecule has 1 aliphatic rings. The summed E-state index contributed by atoms with van der Waals surface area (Å²) < 4.78 is 40.8. The van der Waals surface area contributed by atoms with Crippen molar-refractivity contribution in [1.29, 1.82) is 0 Å². The number of hydrogen-bond donors (Lipinski definition) is 3. The van der Waals surface area contributed by atoms with Gasteiger partial charge in [-0.2, -0.15) is 0 Å². The van der Waals surface area contributed by atoms with Gasteiger partial charge in [0.25, 0.3) is 0 Å². The standard InChI is InChI=1S/C13H18BrFN2O3S/c14-11-4-10(16)5-12(13(11)15)21(19,20)17-6-8-2-1-3-9(8)7-18/h4-5,8-9,17-18H,1-3,6-7,16H2. The van der Waals surface area contributed by atoms with E-state index in [1.807, 2.05) is 0 Å². The van der Waals surface area contributed by atoms with E-state index in [0.717, 1.165) is 25.3 Å². The van der Waals surface area contributed by atoms with Crippen LogP contribution in [-0.4, -0.2) is 26.7 Å². The summed E-state index contributed by atoms with van der Waals surface area (Å²) in [7, 11) is -3.97. The molecule has 2 unspecified atom stereocenters. The third-order valence-corrected chi connectivity index (χ3v) is 5.89. The van der Waals surface area contributed by atoms with Crippen LogP contribution in [0.5, 0.6) is 0 Å². The second kappa shape index (κ2) is 6.60. The Morgan fingerprint density at radius 1 is 1.38 bits per heavy atom. The number of nitrogen functional groups attached to an aromatic ring is 1. The number of benzene rings is 1. The molecular formula is C13H18BrFN2O3S. The zero-order chi connectivity index (χ0) is 15.6. The topological polar surface area (TPSA) is 92.4 Å². The predicted octanol–water partition coefficient (Wildman–Crippen LogP) is 1.86. The molecule has 1 aromatic rings. The summed E-state index contributed by atoms with van der Waals surface area (Å²) in [6.07, 6.45) is 2.72. The number of hydrogen-bond acceptors (Lipinski definition) is 4. The third kappa shape index (κ3) is 3.74. The fourth-order valence-corrected chi connectivity index (χ4v) is 4.53. The first-order chi connectivity index (χ1) is 9.85. The molecule has 1 aliphatic carbocycles. The Morgan fingerprint density at radius 2 is 2.05 bits per heavy atom. The van der Waals surface area contributed by atoms with Crippen molar-refractivity contribution in [1.82, 2.24) is 4.72 Å². The van der Waals surface area contributed by atoms with Crippen LogP contribution in [0.3, 0.4) is 0 Å². The molecule has 1 saturated carbocycles. The van der Waals surface area contributed by atoms with E-state index in [1.165, 1.54) is 6.07 Å². The van der Waals surface area contributed by atoms with Crippen molar-refractivity contribution >= 4 is 31.6 Å². The van der Waals surface area contributed by atoms with Crippen LogP contribution in [0.15, 0.2) is 21.5 Å². The summed E-state index contributed by atoms with van der Waals surface area (Å²) in [4.78, 5) is -0.465. The molecule has 0 heterocycles. The van der Waals surface area contributed by atoms with Gasteiger partial charge in [-0.05, 0) is 52.7 Å². The molecule has 2 atom stereocenters. The van der Waals surface area contributed by atoms with Crippen LogP contribution < -0.4 is 10.5 Å². The van der Waals surface area contributed by atoms with Crippen LogP contribution in [0.1, 0.15) is 19.3 Å². The van der Waals surface area contributed by atoms with Gasteiger partial charge < -0.3 is 10.8 Å². The zero-order valence-corrected chi connectivity index (χ0v) is 13.8. The number of sulfonamides is 1. The molecule has 0 radical (unpaired) electrons. The summed E-state index contributed by atoms with van der Waals surface area (Å²) in [6, 6.07) is 2.41. The molecular weight excluding hydrogens is 363 g/mol. The maximum atomic E-state index is 14.0. The highest BCUT2D eigenvalue weighted by Crippen LogP contribution is 2.31. The van der Waals surface area contributed by atoms with Crippen LogP contribution >= 0.6 is 15.9 Å². The first-order valence-electron chi connectivity index (χ1n) is 6.70. The summed E-state index contributed by atoms with van der Waals surface area (Å²) in [5.74, 6) is -0.677. The molecule has 0 saturated heterocycles. The van der Waals surface area contributed by atoms with E-state index in [0.29, 0.717) is 0 Å². The van der Waals surface area contributed by atoms with E-state index >= 15 is 0 Å². The minimum absolute atomic E-state index is 0.0111. The normalized spacial score (nSPS) is 22.6.